The number of hydrogen-bond donors (Lipinski definition) is 0. The van der Waals surface area contributed by atoms with Gasteiger partial charge in [0.2, 0.25) is 0 Å². The zero-order chi connectivity index (χ0) is 13.0. The molecule has 0 amide bonds. The monoisotopic (exact) mass is 247 g/mol. The van der Waals surface area contributed by atoms with Gasteiger partial charge in [-0.2, -0.15) is 0 Å². The van der Waals surface area contributed by atoms with Gasteiger partial charge >= 0.3 is 5.97 Å². The SMILES string of the molecule is CCOC(=O)C(c1ccccc1)N1CCCC1C. The van der Waals surface area contributed by atoms with E-state index in [1.54, 1.807) is 0 Å². The van der Waals surface area contributed by atoms with Gasteiger partial charge in [0.25, 0.3) is 0 Å². The molecule has 1 aromatic carbocycles. The molecule has 0 aliphatic carbocycles. The number of carbonyl (C=O) groups excluding carboxylic acids is 1. The Morgan fingerprint density at radius 1 is 1.44 bits per heavy atom. The van der Waals surface area contributed by atoms with Crippen molar-refractivity contribution >= 4 is 5.97 Å². The van der Waals surface area contributed by atoms with Gasteiger partial charge in [0.05, 0.1) is 6.61 Å². The Bertz CT molecular complexity index is 391. The molecular weight excluding hydrogens is 226 g/mol. The Morgan fingerprint density at radius 2 is 2.17 bits per heavy atom. The zero-order valence-electron chi connectivity index (χ0n) is 11.1. The van der Waals surface area contributed by atoms with Crippen molar-refractivity contribution < 1.29 is 9.53 Å². The summed E-state index contributed by atoms with van der Waals surface area (Å²) in [6.07, 6.45) is 2.31. The fourth-order valence-electron chi connectivity index (χ4n) is 2.66. The molecule has 18 heavy (non-hydrogen) atoms. The van der Waals surface area contributed by atoms with Crippen LogP contribution in [-0.4, -0.2) is 30.1 Å². The summed E-state index contributed by atoms with van der Waals surface area (Å²) in [5.74, 6) is -0.127. The minimum Gasteiger partial charge on any atom is -0.465 e. The Kier molecular flexibility index (Phi) is 4.37. The predicted molar refractivity (Wildman–Crippen MR) is 71.2 cm³/mol. The minimum atomic E-state index is -0.247. The van der Waals surface area contributed by atoms with Crippen molar-refractivity contribution in [3.05, 3.63) is 35.9 Å². The molecule has 2 rings (SSSR count). The summed E-state index contributed by atoms with van der Waals surface area (Å²) in [7, 11) is 0. The summed E-state index contributed by atoms with van der Waals surface area (Å²) in [6, 6.07) is 10.1. The highest BCUT2D eigenvalue weighted by Gasteiger charge is 2.34. The number of carbonyl (C=O) groups is 1. The van der Waals surface area contributed by atoms with Crippen molar-refractivity contribution in [3.63, 3.8) is 0 Å². The first-order valence-electron chi connectivity index (χ1n) is 6.71. The highest BCUT2D eigenvalue weighted by Crippen LogP contribution is 2.30. The maximum Gasteiger partial charge on any atom is 0.328 e. The summed E-state index contributed by atoms with van der Waals surface area (Å²) in [5, 5.41) is 0. The van der Waals surface area contributed by atoms with E-state index in [0.717, 1.165) is 24.9 Å². The molecule has 1 saturated heterocycles. The van der Waals surface area contributed by atoms with Gasteiger partial charge in [-0.15, -0.1) is 0 Å². The van der Waals surface area contributed by atoms with Crippen LogP contribution in [0.25, 0.3) is 0 Å². The first kappa shape index (κ1) is 13.1. The van der Waals surface area contributed by atoms with Gasteiger partial charge in [-0.05, 0) is 38.8 Å². The number of rotatable bonds is 4. The third kappa shape index (κ3) is 2.72. The molecular formula is C15H21NO2. The van der Waals surface area contributed by atoms with Crippen molar-refractivity contribution in [2.45, 2.75) is 38.8 Å². The molecule has 0 aromatic heterocycles. The smallest absolute Gasteiger partial charge is 0.328 e. The second kappa shape index (κ2) is 6.01. The fraction of sp³-hybridized carbons (Fsp3) is 0.533. The second-order valence-electron chi connectivity index (χ2n) is 4.79. The van der Waals surface area contributed by atoms with E-state index in [9.17, 15) is 4.79 Å². The molecule has 1 aliphatic rings. The van der Waals surface area contributed by atoms with Crippen molar-refractivity contribution in [2.24, 2.45) is 0 Å². The van der Waals surface area contributed by atoms with Gasteiger partial charge < -0.3 is 4.74 Å². The number of benzene rings is 1. The van der Waals surface area contributed by atoms with Crippen LogP contribution in [0.15, 0.2) is 30.3 Å². The molecule has 1 aromatic rings. The van der Waals surface area contributed by atoms with Crippen molar-refractivity contribution in [1.82, 2.24) is 4.90 Å². The topological polar surface area (TPSA) is 29.5 Å². The van der Waals surface area contributed by atoms with E-state index < -0.39 is 0 Å². The van der Waals surface area contributed by atoms with Crippen LogP contribution in [0.5, 0.6) is 0 Å². The van der Waals surface area contributed by atoms with Gasteiger partial charge in [-0.3, -0.25) is 4.90 Å². The predicted octanol–water partition coefficient (Wildman–Crippen LogP) is 2.78. The van der Waals surface area contributed by atoms with E-state index in [0.29, 0.717) is 12.6 Å². The fourth-order valence-corrected chi connectivity index (χ4v) is 2.66. The van der Waals surface area contributed by atoms with Crippen LogP contribution in [0.1, 0.15) is 38.3 Å². The lowest BCUT2D eigenvalue weighted by Crippen LogP contribution is -2.37. The standard InChI is InChI=1S/C15H21NO2/c1-3-18-15(17)14(13-9-5-4-6-10-13)16-11-7-8-12(16)2/h4-6,9-10,12,14H,3,7-8,11H2,1-2H3. The summed E-state index contributed by atoms with van der Waals surface area (Å²) >= 11 is 0. The molecule has 98 valence electrons. The molecule has 1 heterocycles. The molecule has 2 unspecified atom stereocenters. The molecule has 0 saturated carbocycles. The van der Waals surface area contributed by atoms with Crippen LogP contribution >= 0.6 is 0 Å². The lowest BCUT2D eigenvalue weighted by Gasteiger charge is -2.29. The van der Waals surface area contributed by atoms with E-state index in [2.05, 4.69) is 11.8 Å². The van der Waals surface area contributed by atoms with Crippen molar-refractivity contribution in [3.8, 4) is 0 Å². The van der Waals surface area contributed by atoms with E-state index in [1.165, 1.54) is 0 Å². The highest BCUT2D eigenvalue weighted by atomic mass is 16.5. The first-order valence-corrected chi connectivity index (χ1v) is 6.71. The average Bonchev–Trinajstić information content (AvgIpc) is 2.78. The Morgan fingerprint density at radius 3 is 2.72 bits per heavy atom. The Labute approximate surface area is 109 Å². The van der Waals surface area contributed by atoms with Crippen LogP contribution in [-0.2, 0) is 9.53 Å². The van der Waals surface area contributed by atoms with E-state index in [-0.39, 0.29) is 12.0 Å². The van der Waals surface area contributed by atoms with Crippen LogP contribution in [0.2, 0.25) is 0 Å². The molecule has 0 radical (unpaired) electrons. The van der Waals surface area contributed by atoms with E-state index in [4.69, 9.17) is 4.74 Å². The summed E-state index contributed by atoms with van der Waals surface area (Å²) in [5.41, 5.74) is 1.03. The molecule has 0 N–H and O–H groups in total. The second-order valence-corrected chi connectivity index (χ2v) is 4.79. The lowest BCUT2D eigenvalue weighted by molar-refractivity contribution is -0.150. The summed E-state index contributed by atoms with van der Waals surface area (Å²) < 4.78 is 5.24. The number of hydrogen-bond acceptors (Lipinski definition) is 3. The maximum atomic E-state index is 12.2. The molecule has 1 aliphatic heterocycles. The Hall–Kier alpha value is -1.35. The van der Waals surface area contributed by atoms with Gasteiger partial charge in [0, 0.05) is 6.04 Å². The number of nitrogens with zero attached hydrogens (tertiary/aromatic N) is 1. The van der Waals surface area contributed by atoms with Gasteiger partial charge in [0.15, 0.2) is 0 Å². The summed E-state index contributed by atoms with van der Waals surface area (Å²) in [6.45, 7) is 5.44. The van der Waals surface area contributed by atoms with Crippen LogP contribution in [0.3, 0.4) is 0 Å². The zero-order valence-corrected chi connectivity index (χ0v) is 11.1. The molecule has 0 spiro atoms. The number of esters is 1. The van der Waals surface area contributed by atoms with E-state index in [1.807, 2.05) is 37.3 Å². The molecule has 0 bridgehead atoms. The quantitative estimate of drug-likeness (QED) is 0.766. The van der Waals surface area contributed by atoms with E-state index >= 15 is 0 Å². The van der Waals surface area contributed by atoms with Gasteiger partial charge in [0.1, 0.15) is 6.04 Å². The highest BCUT2D eigenvalue weighted by molar-refractivity contribution is 5.77. The lowest BCUT2D eigenvalue weighted by atomic mass is 10.0. The minimum absolute atomic E-state index is 0.127. The van der Waals surface area contributed by atoms with Crippen molar-refractivity contribution in [2.75, 3.05) is 13.2 Å². The van der Waals surface area contributed by atoms with Crippen LogP contribution in [0, 0.1) is 0 Å². The molecule has 2 atom stereocenters. The maximum absolute atomic E-state index is 12.2. The largest absolute Gasteiger partial charge is 0.465 e. The molecule has 3 nitrogen and oxygen atoms in total. The number of likely N-dealkylation sites (tertiary alicyclic amines) is 1. The van der Waals surface area contributed by atoms with Crippen molar-refractivity contribution in [1.29, 1.82) is 0 Å². The third-order valence-electron chi connectivity index (χ3n) is 3.56. The molecule has 3 heteroatoms. The van der Waals surface area contributed by atoms with Gasteiger partial charge in [-0.1, -0.05) is 30.3 Å². The third-order valence-corrected chi connectivity index (χ3v) is 3.56. The molecule has 1 fully saturated rings. The van der Waals surface area contributed by atoms with Crippen LogP contribution < -0.4 is 0 Å². The number of ether oxygens (including phenoxy) is 1. The van der Waals surface area contributed by atoms with Gasteiger partial charge in [-0.25, -0.2) is 4.79 Å². The first-order chi connectivity index (χ1) is 8.74. The van der Waals surface area contributed by atoms with Crippen LogP contribution in [0.4, 0.5) is 0 Å². The summed E-state index contributed by atoms with van der Waals surface area (Å²) in [4.78, 5) is 14.5. The Balaban J connectivity index is 2.25. The average molecular weight is 247 g/mol. The normalized spacial score (nSPS) is 21.8.